The van der Waals surface area contributed by atoms with E-state index in [0.29, 0.717) is 13.0 Å². The van der Waals surface area contributed by atoms with E-state index in [4.69, 9.17) is 16.2 Å². The summed E-state index contributed by atoms with van der Waals surface area (Å²) >= 11 is 0. The molecule has 1 aromatic rings. The van der Waals surface area contributed by atoms with Gasteiger partial charge in [0.1, 0.15) is 6.10 Å². The van der Waals surface area contributed by atoms with Crippen LogP contribution < -0.4 is 11.5 Å². The van der Waals surface area contributed by atoms with E-state index in [1.165, 1.54) is 0 Å². The zero-order valence-corrected chi connectivity index (χ0v) is 9.07. The third-order valence-corrected chi connectivity index (χ3v) is 1.86. The Morgan fingerprint density at radius 3 is 2.40 bits per heavy atom. The molecule has 0 heterocycles. The van der Waals surface area contributed by atoms with Crippen LogP contribution in [-0.2, 0) is 4.74 Å². The number of rotatable bonds is 4. The molecule has 1 rings (SSSR count). The zero-order valence-electron chi connectivity index (χ0n) is 8.26. The fraction of sp³-hybridized carbons (Fsp3) is 0.300. The van der Waals surface area contributed by atoms with Crippen molar-refractivity contribution in [2.45, 2.75) is 12.5 Å². The van der Waals surface area contributed by atoms with Crippen molar-refractivity contribution >= 4 is 18.5 Å². The molecule has 0 bridgehead atoms. The predicted octanol–water partition coefficient (Wildman–Crippen LogP) is 1.59. The Labute approximate surface area is 95.0 Å². The molecule has 0 aliphatic carbocycles. The second-order valence-electron chi connectivity index (χ2n) is 2.91. The quantitative estimate of drug-likeness (QED) is 0.825. The monoisotopic (exact) mass is 230 g/mol. The molecule has 0 aliphatic heterocycles. The molecule has 4 N–H and O–H groups in total. The second kappa shape index (κ2) is 7.09. The van der Waals surface area contributed by atoms with Gasteiger partial charge in [-0.2, -0.15) is 0 Å². The fourth-order valence-electron chi connectivity index (χ4n) is 1.25. The summed E-state index contributed by atoms with van der Waals surface area (Å²) in [5, 5.41) is 0. The largest absolute Gasteiger partial charge is 0.441 e. The second-order valence-corrected chi connectivity index (χ2v) is 2.91. The van der Waals surface area contributed by atoms with Crippen molar-refractivity contribution in [2.24, 2.45) is 11.5 Å². The van der Waals surface area contributed by atoms with Crippen LogP contribution in [0.15, 0.2) is 30.3 Å². The molecule has 0 saturated heterocycles. The van der Waals surface area contributed by atoms with E-state index in [9.17, 15) is 4.79 Å². The maximum atomic E-state index is 10.6. The van der Waals surface area contributed by atoms with Crippen molar-refractivity contribution in [3.8, 4) is 0 Å². The number of primary amides is 1. The molecule has 1 atom stereocenters. The Morgan fingerprint density at radius 2 is 1.93 bits per heavy atom. The van der Waals surface area contributed by atoms with Gasteiger partial charge in [-0.05, 0) is 12.1 Å². The first-order chi connectivity index (χ1) is 6.74. The standard InChI is InChI=1S/C10H14N2O2.ClH/c11-7-6-9(14-10(12)13)8-4-2-1-3-5-8;/h1-5,9H,6-7,11H2,(H2,12,13);1H. The van der Waals surface area contributed by atoms with Gasteiger partial charge < -0.3 is 16.2 Å². The molecule has 1 unspecified atom stereocenters. The minimum atomic E-state index is -0.771. The maximum Gasteiger partial charge on any atom is 0.405 e. The van der Waals surface area contributed by atoms with Gasteiger partial charge >= 0.3 is 6.09 Å². The molecule has 5 heteroatoms. The minimum absolute atomic E-state index is 0. The summed E-state index contributed by atoms with van der Waals surface area (Å²) in [5.41, 5.74) is 11.3. The van der Waals surface area contributed by atoms with E-state index in [1.54, 1.807) is 0 Å². The molecule has 0 saturated carbocycles. The average molecular weight is 231 g/mol. The highest BCUT2D eigenvalue weighted by Gasteiger charge is 2.13. The topological polar surface area (TPSA) is 78.3 Å². The lowest BCUT2D eigenvalue weighted by Gasteiger charge is -2.15. The van der Waals surface area contributed by atoms with Gasteiger partial charge in [-0.15, -0.1) is 12.4 Å². The number of nitrogens with two attached hydrogens (primary N) is 2. The molecule has 0 fully saturated rings. The van der Waals surface area contributed by atoms with E-state index < -0.39 is 6.09 Å². The maximum absolute atomic E-state index is 10.6. The highest BCUT2D eigenvalue weighted by atomic mass is 35.5. The Bertz CT molecular complexity index is 293. The molecular weight excluding hydrogens is 216 g/mol. The highest BCUT2D eigenvalue weighted by Crippen LogP contribution is 2.19. The van der Waals surface area contributed by atoms with Crippen molar-refractivity contribution < 1.29 is 9.53 Å². The smallest absolute Gasteiger partial charge is 0.405 e. The summed E-state index contributed by atoms with van der Waals surface area (Å²) in [7, 11) is 0. The fourth-order valence-corrected chi connectivity index (χ4v) is 1.25. The molecule has 1 amide bonds. The summed E-state index contributed by atoms with van der Waals surface area (Å²) < 4.78 is 4.94. The van der Waals surface area contributed by atoms with Crippen LogP contribution >= 0.6 is 12.4 Å². The van der Waals surface area contributed by atoms with Gasteiger partial charge in [-0.3, -0.25) is 0 Å². The predicted molar refractivity (Wildman–Crippen MR) is 60.8 cm³/mol. The van der Waals surface area contributed by atoms with Crippen molar-refractivity contribution in [3.05, 3.63) is 35.9 Å². The van der Waals surface area contributed by atoms with Crippen LogP contribution in [0.4, 0.5) is 4.79 Å². The van der Waals surface area contributed by atoms with E-state index in [-0.39, 0.29) is 18.5 Å². The number of ether oxygens (including phenoxy) is 1. The van der Waals surface area contributed by atoms with E-state index >= 15 is 0 Å². The number of amides is 1. The molecule has 0 aliphatic rings. The van der Waals surface area contributed by atoms with Gasteiger partial charge in [-0.1, -0.05) is 30.3 Å². The number of benzene rings is 1. The summed E-state index contributed by atoms with van der Waals surface area (Å²) in [6, 6.07) is 9.41. The molecule has 1 aromatic carbocycles. The van der Waals surface area contributed by atoms with Crippen molar-refractivity contribution in [1.29, 1.82) is 0 Å². The number of carbonyl (C=O) groups is 1. The van der Waals surface area contributed by atoms with E-state index in [0.717, 1.165) is 5.56 Å². The molecule has 15 heavy (non-hydrogen) atoms. The Kier molecular flexibility index (Phi) is 6.49. The van der Waals surface area contributed by atoms with Crippen LogP contribution in [0.2, 0.25) is 0 Å². The third-order valence-electron chi connectivity index (χ3n) is 1.86. The highest BCUT2D eigenvalue weighted by molar-refractivity contribution is 5.85. The molecular formula is C10H15ClN2O2. The van der Waals surface area contributed by atoms with Crippen LogP contribution in [-0.4, -0.2) is 12.6 Å². The molecule has 0 aromatic heterocycles. The summed E-state index contributed by atoms with van der Waals surface area (Å²) in [5.74, 6) is 0. The van der Waals surface area contributed by atoms with Gasteiger partial charge in [0.2, 0.25) is 0 Å². The SMILES string of the molecule is Cl.NCCC(OC(N)=O)c1ccccc1. The van der Waals surface area contributed by atoms with E-state index in [1.807, 2.05) is 30.3 Å². The van der Waals surface area contributed by atoms with Crippen LogP contribution in [0.5, 0.6) is 0 Å². The molecule has 84 valence electrons. The van der Waals surface area contributed by atoms with Crippen LogP contribution in [0, 0.1) is 0 Å². The Hall–Kier alpha value is -1.26. The lowest BCUT2D eigenvalue weighted by molar-refractivity contribution is 0.103. The summed E-state index contributed by atoms with van der Waals surface area (Å²) in [6.45, 7) is 0.451. The summed E-state index contributed by atoms with van der Waals surface area (Å²) in [4.78, 5) is 10.6. The van der Waals surface area contributed by atoms with Gasteiger partial charge in [0.15, 0.2) is 0 Å². The lowest BCUT2D eigenvalue weighted by atomic mass is 10.1. The van der Waals surface area contributed by atoms with Gasteiger partial charge in [0, 0.05) is 6.42 Å². The van der Waals surface area contributed by atoms with Gasteiger partial charge in [0.25, 0.3) is 0 Å². The molecule has 0 radical (unpaired) electrons. The molecule has 4 nitrogen and oxygen atoms in total. The summed E-state index contributed by atoms with van der Waals surface area (Å²) in [6.07, 6.45) is -0.529. The number of halogens is 1. The van der Waals surface area contributed by atoms with Crippen molar-refractivity contribution in [1.82, 2.24) is 0 Å². The Balaban J connectivity index is 0.00000196. The van der Waals surface area contributed by atoms with E-state index in [2.05, 4.69) is 0 Å². The third kappa shape index (κ3) is 4.67. The first kappa shape index (κ1) is 13.7. The molecule has 0 spiro atoms. The van der Waals surface area contributed by atoms with Gasteiger partial charge in [-0.25, -0.2) is 4.79 Å². The Morgan fingerprint density at radius 1 is 1.33 bits per heavy atom. The first-order valence-corrected chi connectivity index (χ1v) is 4.45. The first-order valence-electron chi connectivity index (χ1n) is 4.45. The lowest BCUT2D eigenvalue weighted by Crippen LogP contribution is -2.19. The normalized spacial score (nSPS) is 11.3. The number of hydrogen-bond acceptors (Lipinski definition) is 3. The van der Waals surface area contributed by atoms with Crippen LogP contribution in [0.1, 0.15) is 18.1 Å². The zero-order chi connectivity index (χ0) is 10.4. The van der Waals surface area contributed by atoms with Crippen molar-refractivity contribution in [3.63, 3.8) is 0 Å². The number of hydrogen-bond donors (Lipinski definition) is 2. The minimum Gasteiger partial charge on any atom is -0.441 e. The van der Waals surface area contributed by atoms with Crippen LogP contribution in [0.25, 0.3) is 0 Å². The van der Waals surface area contributed by atoms with Gasteiger partial charge in [0.05, 0.1) is 0 Å². The van der Waals surface area contributed by atoms with Crippen LogP contribution in [0.3, 0.4) is 0 Å². The number of carbonyl (C=O) groups excluding carboxylic acids is 1. The van der Waals surface area contributed by atoms with Crippen molar-refractivity contribution in [2.75, 3.05) is 6.54 Å². The average Bonchev–Trinajstić information content (AvgIpc) is 2.18.